The average molecular weight is 250 g/mol. The maximum Gasteiger partial charge on any atom is 0.0537 e. The van der Waals surface area contributed by atoms with Crippen molar-refractivity contribution < 1.29 is 0 Å². The molecule has 1 atom stereocenters. The highest BCUT2D eigenvalue weighted by Gasteiger charge is 2.20. The van der Waals surface area contributed by atoms with E-state index in [-0.39, 0.29) is 0 Å². The molecule has 1 unspecified atom stereocenters. The third kappa shape index (κ3) is 3.56. The summed E-state index contributed by atoms with van der Waals surface area (Å²) in [7, 11) is 1.97. The van der Waals surface area contributed by atoms with Gasteiger partial charge < -0.3 is 10.2 Å². The highest BCUT2D eigenvalue weighted by atomic mass is 15.2. The second kappa shape index (κ2) is 6.34. The molecular weight excluding hydrogens is 224 g/mol. The fourth-order valence-corrected chi connectivity index (χ4v) is 2.75. The van der Waals surface area contributed by atoms with Crippen molar-refractivity contribution in [1.29, 1.82) is 0 Å². The van der Waals surface area contributed by atoms with Gasteiger partial charge in [-0.05, 0) is 45.8 Å². The highest BCUT2D eigenvalue weighted by Crippen LogP contribution is 2.16. The molecule has 1 N–H and O–H groups in total. The van der Waals surface area contributed by atoms with Crippen LogP contribution in [0.5, 0.6) is 0 Å². The van der Waals surface area contributed by atoms with Crippen molar-refractivity contribution in [1.82, 2.24) is 20.0 Å². The molecule has 2 heterocycles. The Morgan fingerprint density at radius 2 is 2.17 bits per heavy atom. The second-order valence-electron chi connectivity index (χ2n) is 5.45. The lowest BCUT2D eigenvalue weighted by atomic mass is 10.0. The Morgan fingerprint density at radius 3 is 2.72 bits per heavy atom. The van der Waals surface area contributed by atoms with Crippen LogP contribution in [0, 0.1) is 0 Å². The Labute approximate surface area is 110 Å². The van der Waals surface area contributed by atoms with E-state index in [9.17, 15) is 0 Å². The van der Waals surface area contributed by atoms with Gasteiger partial charge in [0.15, 0.2) is 0 Å². The second-order valence-corrected chi connectivity index (χ2v) is 5.45. The lowest BCUT2D eigenvalue weighted by molar-refractivity contribution is 0.192. The smallest absolute Gasteiger partial charge is 0.0537 e. The van der Waals surface area contributed by atoms with Crippen LogP contribution in [0.4, 0.5) is 0 Å². The maximum atomic E-state index is 4.24. The fourth-order valence-electron chi connectivity index (χ4n) is 2.75. The predicted molar refractivity (Wildman–Crippen MR) is 74.5 cm³/mol. The lowest BCUT2D eigenvalue weighted by Gasteiger charge is -2.33. The summed E-state index contributed by atoms with van der Waals surface area (Å²) in [6.07, 6.45) is 7.87. The van der Waals surface area contributed by atoms with E-state index in [1.54, 1.807) is 0 Å². The quantitative estimate of drug-likeness (QED) is 0.867. The third-order valence-electron chi connectivity index (χ3n) is 3.84. The summed E-state index contributed by atoms with van der Waals surface area (Å²) in [5.74, 6) is 0. The first-order valence-electron chi connectivity index (χ1n) is 7.16. The summed E-state index contributed by atoms with van der Waals surface area (Å²) >= 11 is 0. The molecule has 0 aromatic carbocycles. The van der Waals surface area contributed by atoms with Crippen LogP contribution in [0.15, 0.2) is 12.4 Å². The van der Waals surface area contributed by atoms with Gasteiger partial charge in [0.2, 0.25) is 0 Å². The minimum absolute atomic E-state index is 0.404. The van der Waals surface area contributed by atoms with Crippen LogP contribution in [0.25, 0.3) is 0 Å². The van der Waals surface area contributed by atoms with Crippen molar-refractivity contribution in [3.8, 4) is 0 Å². The first kappa shape index (κ1) is 13.6. The van der Waals surface area contributed by atoms with Gasteiger partial charge >= 0.3 is 0 Å². The molecule has 1 aliphatic heterocycles. The number of hydrogen-bond donors (Lipinski definition) is 1. The number of aryl methyl sites for hydroxylation is 1. The molecule has 0 amide bonds. The predicted octanol–water partition coefficient (Wildman–Crippen LogP) is 1.95. The van der Waals surface area contributed by atoms with Crippen molar-refractivity contribution in [3.05, 3.63) is 18.0 Å². The summed E-state index contributed by atoms with van der Waals surface area (Å²) in [6.45, 7) is 8.23. The first-order valence-corrected chi connectivity index (χ1v) is 7.16. The van der Waals surface area contributed by atoms with E-state index in [0.717, 1.165) is 0 Å². The van der Waals surface area contributed by atoms with E-state index < -0.39 is 0 Å². The zero-order chi connectivity index (χ0) is 13.0. The molecule has 0 saturated carbocycles. The molecular formula is C14H26N4. The van der Waals surface area contributed by atoms with Crippen molar-refractivity contribution in [3.63, 3.8) is 0 Å². The van der Waals surface area contributed by atoms with E-state index >= 15 is 0 Å². The Morgan fingerprint density at radius 1 is 1.44 bits per heavy atom. The average Bonchev–Trinajstić information content (AvgIpc) is 2.79. The van der Waals surface area contributed by atoms with Crippen LogP contribution in [0.2, 0.25) is 0 Å². The number of hydrogen-bond acceptors (Lipinski definition) is 3. The largest absolute Gasteiger partial charge is 0.307 e. The monoisotopic (exact) mass is 250 g/mol. The van der Waals surface area contributed by atoms with Gasteiger partial charge in [0, 0.05) is 30.9 Å². The highest BCUT2D eigenvalue weighted by molar-refractivity contribution is 5.09. The van der Waals surface area contributed by atoms with Crippen molar-refractivity contribution in [2.45, 2.75) is 45.2 Å². The lowest BCUT2D eigenvalue weighted by Crippen LogP contribution is -2.43. The molecule has 2 rings (SSSR count). The molecule has 4 nitrogen and oxygen atoms in total. The zero-order valence-corrected chi connectivity index (χ0v) is 11.9. The van der Waals surface area contributed by atoms with Gasteiger partial charge in [-0.15, -0.1) is 0 Å². The number of likely N-dealkylation sites (tertiary alicyclic amines) is 1. The van der Waals surface area contributed by atoms with Gasteiger partial charge in [-0.2, -0.15) is 5.10 Å². The van der Waals surface area contributed by atoms with Crippen molar-refractivity contribution in [2.24, 2.45) is 7.05 Å². The molecule has 4 heteroatoms. The third-order valence-corrected chi connectivity index (χ3v) is 3.84. The Bertz CT molecular complexity index is 352. The standard InChI is InChI=1S/C14H26N4/c1-4-7-18-8-5-14(6-9-18)16-12(2)13-10-15-17(3)11-13/h10-12,14,16H,4-9H2,1-3H3. The van der Waals surface area contributed by atoms with Crippen LogP contribution in [-0.2, 0) is 7.05 Å². The maximum absolute atomic E-state index is 4.24. The minimum atomic E-state index is 0.404. The zero-order valence-electron chi connectivity index (χ0n) is 11.9. The molecule has 102 valence electrons. The Hall–Kier alpha value is -0.870. The minimum Gasteiger partial charge on any atom is -0.307 e. The summed E-state index contributed by atoms with van der Waals surface area (Å²) in [5.41, 5.74) is 1.29. The SMILES string of the molecule is CCCN1CCC(NC(C)c2cnn(C)c2)CC1. The number of nitrogens with zero attached hydrogens (tertiary/aromatic N) is 3. The fraction of sp³-hybridized carbons (Fsp3) is 0.786. The summed E-state index contributed by atoms with van der Waals surface area (Å²) in [4.78, 5) is 2.58. The molecule has 18 heavy (non-hydrogen) atoms. The molecule has 0 bridgehead atoms. The topological polar surface area (TPSA) is 33.1 Å². The van der Waals surface area contributed by atoms with Crippen LogP contribution in [-0.4, -0.2) is 40.4 Å². The summed E-state index contributed by atoms with van der Waals surface area (Å²) in [5, 5.41) is 7.97. The van der Waals surface area contributed by atoms with Crippen LogP contribution in [0.3, 0.4) is 0 Å². The Balaban J connectivity index is 1.77. The number of nitrogens with one attached hydrogen (secondary N) is 1. The van der Waals surface area contributed by atoms with Crippen molar-refractivity contribution in [2.75, 3.05) is 19.6 Å². The number of aromatic nitrogens is 2. The molecule has 1 aromatic rings. The van der Waals surface area contributed by atoms with Gasteiger partial charge in [-0.1, -0.05) is 6.92 Å². The van der Waals surface area contributed by atoms with E-state index in [0.29, 0.717) is 12.1 Å². The molecule has 0 spiro atoms. The van der Waals surface area contributed by atoms with Crippen LogP contribution < -0.4 is 5.32 Å². The molecule has 0 aliphatic carbocycles. The summed E-state index contributed by atoms with van der Waals surface area (Å²) in [6, 6.07) is 1.06. The normalized spacial score (nSPS) is 20.2. The van der Waals surface area contributed by atoms with E-state index in [1.807, 2.05) is 17.9 Å². The van der Waals surface area contributed by atoms with Gasteiger partial charge in [0.05, 0.1) is 6.20 Å². The molecule has 1 aliphatic rings. The van der Waals surface area contributed by atoms with E-state index in [4.69, 9.17) is 0 Å². The van der Waals surface area contributed by atoms with Gasteiger partial charge in [0.25, 0.3) is 0 Å². The number of rotatable bonds is 5. The molecule has 1 fully saturated rings. The van der Waals surface area contributed by atoms with Gasteiger partial charge in [-0.25, -0.2) is 0 Å². The van der Waals surface area contributed by atoms with Crippen molar-refractivity contribution >= 4 is 0 Å². The van der Waals surface area contributed by atoms with E-state index in [1.165, 1.54) is 44.5 Å². The Kier molecular flexibility index (Phi) is 4.78. The molecule has 1 saturated heterocycles. The van der Waals surface area contributed by atoms with Gasteiger partial charge in [-0.3, -0.25) is 4.68 Å². The number of piperidine rings is 1. The van der Waals surface area contributed by atoms with Gasteiger partial charge in [0.1, 0.15) is 0 Å². The summed E-state index contributed by atoms with van der Waals surface area (Å²) < 4.78 is 1.87. The van der Waals surface area contributed by atoms with Crippen LogP contribution in [0.1, 0.15) is 44.7 Å². The van der Waals surface area contributed by atoms with E-state index in [2.05, 4.69) is 35.4 Å². The molecule has 0 radical (unpaired) electrons. The first-order chi connectivity index (χ1) is 8.69. The van der Waals surface area contributed by atoms with Crippen LogP contribution >= 0.6 is 0 Å². The molecule has 1 aromatic heterocycles.